The maximum absolute atomic E-state index is 11.5. The number of Topliss-reactive ketones (excluding diaryl/α,β-unsaturated/α-hetero) is 1. The van der Waals surface area contributed by atoms with E-state index in [2.05, 4.69) is 15.9 Å². The minimum Gasteiger partial charge on any atom is -0.298 e. The molecule has 2 heteroatoms. The van der Waals surface area contributed by atoms with Crippen molar-refractivity contribution in [2.24, 2.45) is 0 Å². The van der Waals surface area contributed by atoms with Gasteiger partial charge in [0.25, 0.3) is 0 Å². The summed E-state index contributed by atoms with van der Waals surface area (Å²) in [6.45, 7) is 0. The van der Waals surface area contributed by atoms with Crippen molar-refractivity contribution in [1.29, 1.82) is 0 Å². The molecule has 1 unspecified atom stereocenters. The number of benzene rings is 1. The second-order valence-corrected chi connectivity index (χ2v) is 4.52. The lowest BCUT2D eigenvalue weighted by atomic mass is 9.98. The summed E-state index contributed by atoms with van der Waals surface area (Å²) in [4.78, 5) is 11.3. The molecule has 0 aromatic heterocycles. The van der Waals surface area contributed by atoms with Gasteiger partial charge in [-0.2, -0.15) is 0 Å². The van der Waals surface area contributed by atoms with Crippen molar-refractivity contribution in [2.75, 3.05) is 0 Å². The zero-order valence-corrected chi connectivity index (χ0v) is 9.78. The molecule has 15 heavy (non-hydrogen) atoms. The number of alkyl halides is 1. The molecule has 0 aliphatic heterocycles. The van der Waals surface area contributed by atoms with Crippen LogP contribution in [-0.2, 0) is 4.79 Å². The van der Waals surface area contributed by atoms with Crippen molar-refractivity contribution in [3.8, 4) is 0 Å². The number of hydrogen-bond donors (Lipinski definition) is 0. The zero-order valence-electron chi connectivity index (χ0n) is 8.19. The number of rotatable bonds is 1. The van der Waals surface area contributed by atoms with Gasteiger partial charge in [-0.3, -0.25) is 4.79 Å². The van der Waals surface area contributed by atoms with E-state index in [1.54, 1.807) is 0 Å². The molecule has 0 fully saturated rings. The Labute approximate surface area is 97.6 Å². The predicted octanol–water partition coefficient (Wildman–Crippen LogP) is 3.36. The van der Waals surface area contributed by atoms with Crippen LogP contribution in [0, 0.1) is 0 Å². The summed E-state index contributed by atoms with van der Waals surface area (Å²) in [6.07, 6.45) is 6.46. The van der Waals surface area contributed by atoms with E-state index in [0.29, 0.717) is 6.42 Å². The Kier molecular flexibility index (Phi) is 3.17. The Bertz CT molecular complexity index is 417. The van der Waals surface area contributed by atoms with Gasteiger partial charge in [-0.15, -0.1) is 0 Å². The fraction of sp³-hybridized carbons (Fsp3) is 0.154. The summed E-state index contributed by atoms with van der Waals surface area (Å²) in [5.41, 5.74) is 2.21. The average Bonchev–Trinajstić information content (AvgIpc) is 2.25. The van der Waals surface area contributed by atoms with Crippen molar-refractivity contribution in [2.45, 2.75) is 11.2 Å². The van der Waals surface area contributed by atoms with E-state index in [1.165, 1.54) is 0 Å². The fourth-order valence-electron chi connectivity index (χ4n) is 1.54. The first-order chi connectivity index (χ1) is 7.25. The highest BCUT2D eigenvalue weighted by Gasteiger charge is 2.16. The molecule has 0 bridgehead atoms. The van der Waals surface area contributed by atoms with Gasteiger partial charge in [0.1, 0.15) is 0 Å². The molecule has 76 valence electrons. The third kappa shape index (κ3) is 2.66. The van der Waals surface area contributed by atoms with Crippen molar-refractivity contribution >= 4 is 27.8 Å². The molecule has 0 radical (unpaired) electrons. The molecular weight excluding hydrogens is 252 g/mol. The molecule has 1 aliphatic rings. The van der Waals surface area contributed by atoms with Crippen LogP contribution >= 0.6 is 15.9 Å². The summed E-state index contributed by atoms with van der Waals surface area (Å²) >= 11 is 3.30. The van der Waals surface area contributed by atoms with E-state index in [-0.39, 0.29) is 10.6 Å². The topological polar surface area (TPSA) is 17.1 Å². The highest BCUT2D eigenvalue weighted by atomic mass is 79.9. The van der Waals surface area contributed by atoms with Gasteiger partial charge in [-0.05, 0) is 11.1 Å². The molecule has 0 saturated carbocycles. The summed E-state index contributed by atoms with van der Waals surface area (Å²) in [5, 5.41) is 0. The van der Waals surface area contributed by atoms with Crippen LogP contribution < -0.4 is 0 Å². The van der Waals surface area contributed by atoms with E-state index in [0.717, 1.165) is 11.1 Å². The molecule has 0 saturated heterocycles. The molecule has 0 N–H and O–H groups in total. The Hall–Kier alpha value is -1.15. The number of allylic oxidation sites excluding steroid dienone is 3. The molecule has 1 aromatic carbocycles. The molecule has 0 spiro atoms. The lowest BCUT2D eigenvalue weighted by Gasteiger charge is -2.11. The molecule has 1 aromatic rings. The van der Waals surface area contributed by atoms with Crippen molar-refractivity contribution in [3.63, 3.8) is 0 Å². The van der Waals surface area contributed by atoms with Gasteiger partial charge < -0.3 is 0 Å². The maximum atomic E-state index is 11.5. The Morgan fingerprint density at radius 3 is 2.67 bits per heavy atom. The van der Waals surface area contributed by atoms with Crippen molar-refractivity contribution in [1.82, 2.24) is 0 Å². The van der Waals surface area contributed by atoms with E-state index in [1.807, 2.05) is 48.6 Å². The first kappa shape index (κ1) is 10.4. The summed E-state index contributed by atoms with van der Waals surface area (Å²) in [7, 11) is 0. The largest absolute Gasteiger partial charge is 0.298 e. The molecule has 0 heterocycles. The minimum atomic E-state index is -0.106. The van der Waals surface area contributed by atoms with Crippen LogP contribution in [0.3, 0.4) is 0 Å². The molecule has 1 nitrogen and oxygen atoms in total. The SMILES string of the molecule is O=C1CC(=Cc2ccccc2)C=CC1Br. The van der Waals surface area contributed by atoms with Crippen LogP contribution in [0.25, 0.3) is 6.08 Å². The molecular formula is C13H11BrO. The average molecular weight is 263 g/mol. The monoisotopic (exact) mass is 262 g/mol. The second-order valence-electron chi connectivity index (χ2n) is 3.53. The minimum absolute atomic E-state index is 0.106. The van der Waals surface area contributed by atoms with Gasteiger partial charge in [-0.1, -0.05) is 64.5 Å². The van der Waals surface area contributed by atoms with Gasteiger partial charge in [0.15, 0.2) is 5.78 Å². The highest BCUT2D eigenvalue weighted by Crippen LogP contribution is 2.20. The molecule has 2 rings (SSSR count). The first-order valence-electron chi connectivity index (χ1n) is 4.86. The van der Waals surface area contributed by atoms with Gasteiger partial charge in [0, 0.05) is 6.42 Å². The summed E-state index contributed by atoms with van der Waals surface area (Å²) < 4.78 is 0. The number of carbonyl (C=O) groups excluding carboxylic acids is 1. The molecule has 0 amide bonds. The van der Waals surface area contributed by atoms with Crippen LogP contribution in [0.4, 0.5) is 0 Å². The van der Waals surface area contributed by atoms with Gasteiger partial charge in [0.2, 0.25) is 0 Å². The van der Waals surface area contributed by atoms with Crippen LogP contribution in [-0.4, -0.2) is 10.6 Å². The van der Waals surface area contributed by atoms with Crippen LogP contribution in [0.2, 0.25) is 0 Å². The van der Waals surface area contributed by atoms with Gasteiger partial charge in [0.05, 0.1) is 4.83 Å². The highest BCUT2D eigenvalue weighted by molar-refractivity contribution is 9.10. The van der Waals surface area contributed by atoms with Crippen molar-refractivity contribution in [3.05, 3.63) is 53.6 Å². The van der Waals surface area contributed by atoms with Crippen LogP contribution in [0.5, 0.6) is 0 Å². The van der Waals surface area contributed by atoms with Gasteiger partial charge in [-0.25, -0.2) is 0 Å². The number of halogens is 1. The Balaban J connectivity index is 2.23. The van der Waals surface area contributed by atoms with E-state index >= 15 is 0 Å². The first-order valence-corrected chi connectivity index (χ1v) is 5.78. The normalized spacial score (nSPS) is 23.4. The van der Waals surface area contributed by atoms with Crippen LogP contribution in [0.1, 0.15) is 12.0 Å². The second kappa shape index (κ2) is 4.58. The fourth-order valence-corrected chi connectivity index (χ4v) is 1.85. The molecule has 1 aliphatic carbocycles. The van der Waals surface area contributed by atoms with E-state index < -0.39 is 0 Å². The molecule has 1 atom stereocenters. The quantitative estimate of drug-likeness (QED) is 0.710. The zero-order chi connectivity index (χ0) is 10.7. The predicted molar refractivity (Wildman–Crippen MR) is 65.9 cm³/mol. The van der Waals surface area contributed by atoms with Crippen molar-refractivity contribution < 1.29 is 4.79 Å². The number of carbonyl (C=O) groups is 1. The van der Waals surface area contributed by atoms with Crippen LogP contribution in [0.15, 0.2) is 48.1 Å². The lowest BCUT2D eigenvalue weighted by Crippen LogP contribution is -2.15. The summed E-state index contributed by atoms with van der Waals surface area (Å²) in [5.74, 6) is 0.222. The summed E-state index contributed by atoms with van der Waals surface area (Å²) in [6, 6.07) is 10.0. The van der Waals surface area contributed by atoms with E-state index in [9.17, 15) is 4.79 Å². The van der Waals surface area contributed by atoms with E-state index in [4.69, 9.17) is 0 Å². The Morgan fingerprint density at radius 1 is 1.27 bits per heavy atom. The third-order valence-electron chi connectivity index (χ3n) is 2.32. The Morgan fingerprint density at radius 2 is 2.00 bits per heavy atom. The lowest BCUT2D eigenvalue weighted by molar-refractivity contribution is -0.117. The number of ketones is 1. The standard InChI is InChI=1S/C13H11BrO/c14-12-7-6-11(9-13(12)15)8-10-4-2-1-3-5-10/h1-8,12H,9H2. The smallest absolute Gasteiger partial charge is 0.154 e. The third-order valence-corrected chi connectivity index (χ3v) is 3.13. The maximum Gasteiger partial charge on any atom is 0.154 e. The van der Waals surface area contributed by atoms with Gasteiger partial charge >= 0.3 is 0 Å². The number of hydrogen-bond acceptors (Lipinski definition) is 1.